The summed E-state index contributed by atoms with van der Waals surface area (Å²) in [5, 5.41) is 2.58. The molecule has 1 aromatic heterocycles. The highest BCUT2D eigenvalue weighted by Gasteiger charge is 2.41. The van der Waals surface area contributed by atoms with Gasteiger partial charge in [0, 0.05) is 23.8 Å². The first kappa shape index (κ1) is 15.1. The van der Waals surface area contributed by atoms with Crippen LogP contribution in [0.25, 0.3) is 11.3 Å². The summed E-state index contributed by atoms with van der Waals surface area (Å²) in [5.74, 6) is -0.644. The predicted molar refractivity (Wildman–Crippen MR) is 88.1 cm³/mol. The molecule has 0 unspecified atom stereocenters. The number of aromatic nitrogens is 1. The van der Waals surface area contributed by atoms with Crippen molar-refractivity contribution in [2.45, 2.75) is 39.5 Å². The highest BCUT2D eigenvalue weighted by atomic mass is 32.1. The van der Waals surface area contributed by atoms with Gasteiger partial charge in [-0.3, -0.25) is 9.59 Å². The lowest BCUT2D eigenvalue weighted by atomic mass is 9.72. The van der Waals surface area contributed by atoms with Crippen LogP contribution in [0.5, 0.6) is 0 Å². The van der Waals surface area contributed by atoms with E-state index in [2.05, 4.69) is 11.1 Å². The van der Waals surface area contributed by atoms with E-state index < -0.39 is 5.92 Å². The molecule has 3 rings (SSSR count). The fourth-order valence-electron chi connectivity index (χ4n) is 3.02. The predicted octanol–water partition coefficient (Wildman–Crippen LogP) is 4.16. The van der Waals surface area contributed by atoms with Gasteiger partial charge < -0.3 is 0 Å². The number of ketones is 2. The zero-order chi connectivity index (χ0) is 15.9. The second-order valence-electron chi connectivity index (χ2n) is 6.82. The summed E-state index contributed by atoms with van der Waals surface area (Å²) in [4.78, 5) is 29.3. The number of Topliss-reactive ketones (excluding diaryl/α,β-unsaturated/α-hetero) is 2. The molecule has 0 saturated heterocycles. The third-order valence-corrected chi connectivity index (χ3v) is 4.94. The normalized spacial score (nSPS) is 18.7. The SMILES string of the molecule is Cc1cccc(-c2csc(C3C(=O)CC(C)(C)CC3=O)n2)c1. The number of rotatable bonds is 2. The summed E-state index contributed by atoms with van der Waals surface area (Å²) in [6.07, 6.45) is 0.894. The Balaban J connectivity index is 1.91. The van der Waals surface area contributed by atoms with Crippen LogP contribution >= 0.6 is 11.3 Å². The minimum absolute atomic E-state index is 0.00592. The Morgan fingerprint density at radius 1 is 1.18 bits per heavy atom. The van der Waals surface area contributed by atoms with Crippen LogP contribution in [-0.4, -0.2) is 16.6 Å². The van der Waals surface area contributed by atoms with E-state index in [1.807, 2.05) is 44.4 Å². The molecule has 1 heterocycles. The molecule has 1 aromatic carbocycles. The highest BCUT2D eigenvalue weighted by molar-refractivity contribution is 7.10. The van der Waals surface area contributed by atoms with E-state index in [-0.39, 0.29) is 17.0 Å². The Morgan fingerprint density at radius 3 is 2.50 bits per heavy atom. The van der Waals surface area contributed by atoms with Crippen LogP contribution in [0.1, 0.15) is 43.2 Å². The molecule has 0 radical (unpaired) electrons. The van der Waals surface area contributed by atoms with Crippen LogP contribution in [0.15, 0.2) is 29.6 Å². The Bertz CT molecular complexity index is 725. The topological polar surface area (TPSA) is 47.0 Å². The summed E-state index contributed by atoms with van der Waals surface area (Å²) in [7, 11) is 0. The molecule has 0 atom stereocenters. The maximum atomic E-state index is 12.4. The van der Waals surface area contributed by atoms with Gasteiger partial charge in [0.1, 0.15) is 10.9 Å². The molecule has 0 spiro atoms. The largest absolute Gasteiger partial charge is 0.298 e. The zero-order valence-corrected chi connectivity index (χ0v) is 13.9. The first-order chi connectivity index (χ1) is 10.4. The van der Waals surface area contributed by atoms with Crippen LogP contribution < -0.4 is 0 Å². The van der Waals surface area contributed by atoms with Gasteiger partial charge in [-0.25, -0.2) is 4.98 Å². The number of hydrogen-bond acceptors (Lipinski definition) is 4. The van der Waals surface area contributed by atoms with E-state index in [9.17, 15) is 9.59 Å². The number of carbonyl (C=O) groups excluding carboxylic acids is 2. The van der Waals surface area contributed by atoms with Crippen LogP contribution in [0, 0.1) is 12.3 Å². The molecule has 0 amide bonds. The minimum atomic E-state index is -0.656. The average molecular weight is 313 g/mol. The van der Waals surface area contributed by atoms with Crippen molar-refractivity contribution in [3.05, 3.63) is 40.2 Å². The smallest absolute Gasteiger partial charge is 0.150 e. The summed E-state index contributed by atoms with van der Waals surface area (Å²) in [6.45, 7) is 5.98. The Hall–Kier alpha value is -1.81. The van der Waals surface area contributed by atoms with Crippen molar-refractivity contribution in [3.63, 3.8) is 0 Å². The zero-order valence-electron chi connectivity index (χ0n) is 13.1. The highest BCUT2D eigenvalue weighted by Crippen LogP contribution is 2.39. The number of thiazole rings is 1. The van der Waals surface area contributed by atoms with Crippen molar-refractivity contribution in [3.8, 4) is 11.3 Å². The molecule has 3 nitrogen and oxygen atoms in total. The van der Waals surface area contributed by atoms with Crippen LogP contribution in [-0.2, 0) is 9.59 Å². The van der Waals surface area contributed by atoms with E-state index in [4.69, 9.17) is 0 Å². The number of nitrogens with zero attached hydrogens (tertiary/aromatic N) is 1. The van der Waals surface area contributed by atoms with E-state index in [1.54, 1.807) is 0 Å². The number of hydrogen-bond donors (Lipinski definition) is 0. The second kappa shape index (κ2) is 5.43. The Labute approximate surface area is 134 Å². The summed E-state index contributed by atoms with van der Waals surface area (Å²) in [6, 6.07) is 8.09. The lowest BCUT2D eigenvalue weighted by Gasteiger charge is -2.31. The van der Waals surface area contributed by atoms with Crippen molar-refractivity contribution >= 4 is 22.9 Å². The number of benzene rings is 1. The van der Waals surface area contributed by atoms with Gasteiger partial charge in [-0.05, 0) is 18.4 Å². The van der Waals surface area contributed by atoms with Crippen molar-refractivity contribution in [1.82, 2.24) is 4.98 Å². The van der Waals surface area contributed by atoms with Gasteiger partial charge in [-0.15, -0.1) is 11.3 Å². The summed E-state index contributed by atoms with van der Waals surface area (Å²) >= 11 is 1.41. The van der Waals surface area contributed by atoms with Gasteiger partial charge in [-0.1, -0.05) is 37.6 Å². The molecule has 22 heavy (non-hydrogen) atoms. The van der Waals surface area contributed by atoms with E-state index in [0.29, 0.717) is 17.8 Å². The third-order valence-electron chi connectivity index (χ3n) is 4.03. The van der Waals surface area contributed by atoms with Gasteiger partial charge in [-0.2, -0.15) is 0 Å². The van der Waals surface area contributed by atoms with Gasteiger partial charge in [0.25, 0.3) is 0 Å². The minimum Gasteiger partial charge on any atom is -0.298 e. The van der Waals surface area contributed by atoms with Crippen molar-refractivity contribution in [1.29, 1.82) is 0 Å². The lowest BCUT2D eigenvalue weighted by molar-refractivity contribution is -0.135. The van der Waals surface area contributed by atoms with Crippen molar-refractivity contribution < 1.29 is 9.59 Å². The second-order valence-corrected chi connectivity index (χ2v) is 7.71. The van der Waals surface area contributed by atoms with E-state index in [1.165, 1.54) is 16.9 Å². The van der Waals surface area contributed by atoms with E-state index in [0.717, 1.165) is 11.3 Å². The summed E-state index contributed by atoms with van der Waals surface area (Å²) in [5.41, 5.74) is 2.81. The molecule has 114 valence electrons. The average Bonchev–Trinajstić information content (AvgIpc) is 2.85. The Morgan fingerprint density at radius 2 is 1.86 bits per heavy atom. The van der Waals surface area contributed by atoms with Gasteiger partial charge in [0.2, 0.25) is 0 Å². The van der Waals surface area contributed by atoms with Crippen molar-refractivity contribution in [2.75, 3.05) is 0 Å². The van der Waals surface area contributed by atoms with Crippen LogP contribution in [0.3, 0.4) is 0 Å². The molecule has 1 saturated carbocycles. The maximum Gasteiger partial charge on any atom is 0.150 e. The molecule has 1 aliphatic rings. The fraction of sp³-hybridized carbons (Fsp3) is 0.389. The molecule has 1 fully saturated rings. The van der Waals surface area contributed by atoms with Crippen LogP contribution in [0.4, 0.5) is 0 Å². The fourth-order valence-corrected chi connectivity index (χ4v) is 3.99. The van der Waals surface area contributed by atoms with Crippen molar-refractivity contribution in [2.24, 2.45) is 5.41 Å². The van der Waals surface area contributed by atoms with Crippen LogP contribution in [0.2, 0.25) is 0 Å². The maximum absolute atomic E-state index is 12.4. The first-order valence-electron chi connectivity index (χ1n) is 7.44. The van der Waals surface area contributed by atoms with Gasteiger partial charge >= 0.3 is 0 Å². The molecule has 1 aliphatic carbocycles. The van der Waals surface area contributed by atoms with Gasteiger partial charge in [0.05, 0.1) is 5.69 Å². The standard InChI is InChI=1S/C18H19NO2S/c1-11-5-4-6-12(7-11)13-10-22-17(19-13)16-14(20)8-18(2,3)9-15(16)21/h4-7,10,16H,8-9H2,1-3H3. The molecule has 2 aromatic rings. The van der Waals surface area contributed by atoms with E-state index >= 15 is 0 Å². The first-order valence-corrected chi connectivity index (χ1v) is 8.32. The molecular weight excluding hydrogens is 294 g/mol. The molecular formula is C18H19NO2S. The Kier molecular flexibility index (Phi) is 3.73. The number of aryl methyl sites for hydroxylation is 1. The molecule has 0 N–H and O–H groups in total. The molecule has 4 heteroatoms. The third kappa shape index (κ3) is 2.88. The molecule has 0 aliphatic heterocycles. The lowest BCUT2D eigenvalue weighted by Crippen LogP contribution is -2.36. The number of carbonyl (C=O) groups is 2. The van der Waals surface area contributed by atoms with Gasteiger partial charge in [0.15, 0.2) is 11.6 Å². The summed E-state index contributed by atoms with van der Waals surface area (Å²) < 4.78 is 0. The quantitative estimate of drug-likeness (QED) is 0.782. The monoisotopic (exact) mass is 313 g/mol. The molecule has 0 bridgehead atoms.